The van der Waals surface area contributed by atoms with E-state index in [0.29, 0.717) is 24.3 Å². The summed E-state index contributed by atoms with van der Waals surface area (Å²) in [5.74, 6) is 0.0838. The molecule has 0 saturated carbocycles. The first kappa shape index (κ1) is 34.0. The number of fused-ring (bicyclic) bond motifs is 1. The van der Waals surface area contributed by atoms with Crippen LogP contribution in [0.15, 0.2) is 78.0 Å². The number of nitrogens with zero attached hydrogens (tertiary/aromatic N) is 1. The average molecular weight is 630 g/mol. The van der Waals surface area contributed by atoms with Crippen LogP contribution < -0.4 is 15.4 Å². The van der Waals surface area contributed by atoms with Gasteiger partial charge in [-0.2, -0.15) is 0 Å². The van der Waals surface area contributed by atoms with Gasteiger partial charge in [0.1, 0.15) is 18.0 Å². The van der Waals surface area contributed by atoms with Crippen LogP contribution in [0.4, 0.5) is 4.79 Å². The van der Waals surface area contributed by atoms with E-state index in [1.165, 1.54) is 12.7 Å². The Hall–Kier alpha value is -4.86. The van der Waals surface area contributed by atoms with Crippen LogP contribution >= 0.6 is 0 Å². The Morgan fingerprint density at radius 2 is 1.65 bits per heavy atom. The molecule has 0 aliphatic heterocycles. The molecule has 244 valence electrons. The quantitative estimate of drug-likeness (QED) is 0.0927. The van der Waals surface area contributed by atoms with Gasteiger partial charge in [0.25, 0.3) is 0 Å². The molecule has 10 heteroatoms. The largest absolute Gasteiger partial charge is 0.489 e. The van der Waals surface area contributed by atoms with E-state index in [4.69, 9.17) is 14.2 Å². The van der Waals surface area contributed by atoms with Gasteiger partial charge in [-0.25, -0.2) is 9.59 Å². The first-order chi connectivity index (χ1) is 22.0. The zero-order valence-corrected chi connectivity index (χ0v) is 26.9. The molecule has 3 N–H and O–H groups in total. The fourth-order valence-electron chi connectivity index (χ4n) is 5.39. The molecular weight excluding hydrogens is 586 g/mol. The van der Waals surface area contributed by atoms with E-state index in [-0.39, 0.29) is 30.5 Å². The van der Waals surface area contributed by atoms with Crippen LogP contribution in [-0.4, -0.2) is 47.6 Å². The summed E-state index contributed by atoms with van der Waals surface area (Å²) in [5, 5.41) is 19.4. The van der Waals surface area contributed by atoms with E-state index < -0.39 is 23.7 Å². The Bertz CT molecular complexity index is 1510. The molecule has 0 saturated heterocycles. The molecule has 10 nitrogen and oxygen atoms in total. The van der Waals surface area contributed by atoms with Gasteiger partial charge in [0.2, 0.25) is 5.91 Å². The minimum absolute atomic E-state index is 0.0531. The summed E-state index contributed by atoms with van der Waals surface area (Å²) in [5.41, 5.74) is 4.14. The molecule has 3 aromatic carbocycles. The van der Waals surface area contributed by atoms with Crippen LogP contribution in [0, 0.1) is 0 Å². The summed E-state index contributed by atoms with van der Waals surface area (Å²) < 4.78 is 16.1. The molecule has 0 heterocycles. The minimum atomic E-state index is -0.722. The smallest absolute Gasteiger partial charge is 0.408 e. The molecule has 46 heavy (non-hydrogen) atoms. The Kier molecular flexibility index (Phi) is 11.8. The number of nitrogens with one attached hydrogen (secondary N) is 2. The molecule has 0 fully saturated rings. The first-order valence-corrected chi connectivity index (χ1v) is 15.5. The number of methoxy groups -OCH3 is 1. The lowest BCUT2D eigenvalue weighted by Crippen LogP contribution is -2.45. The topological polar surface area (TPSA) is 136 Å². The van der Waals surface area contributed by atoms with Gasteiger partial charge < -0.3 is 30.1 Å². The third-order valence-corrected chi connectivity index (χ3v) is 7.68. The number of hydrogen-bond donors (Lipinski definition) is 3. The van der Waals surface area contributed by atoms with Gasteiger partial charge in [0, 0.05) is 6.42 Å². The number of benzene rings is 3. The lowest BCUT2D eigenvalue weighted by molar-refractivity contribution is -0.121. The van der Waals surface area contributed by atoms with Crippen molar-refractivity contribution in [2.75, 3.05) is 7.11 Å². The van der Waals surface area contributed by atoms with Crippen molar-refractivity contribution < 1.29 is 33.8 Å². The standard InChI is InChI=1S/C36H43N3O7/c1-36(2,3)46-35(42)38-32(31(39-43)20-21-33(40)37-30-11-7-9-26-8-5-6-10-29(26)30)22-24-14-18-28(19-15-24)45-23-25-12-16-27(17-13-25)34(41)44-4/h5-6,8,10,12-19,30,32,43H,7,9,11,20-23H2,1-4H3,(H,37,40)(H,38,42)/b39-31+. The van der Waals surface area contributed by atoms with Crippen molar-refractivity contribution in [2.24, 2.45) is 5.16 Å². The number of oxime groups is 1. The van der Waals surface area contributed by atoms with Crippen molar-refractivity contribution in [1.29, 1.82) is 0 Å². The molecule has 1 aliphatic rings. The van der Waals surface area contributed by atoms with Crippen molar-refractivity contribution in [3.8, 4) is 5.75 Å². The van der Waals surface area contributed by atoms with Gasteiger partial charge in [-0.05, 0) is 99.4 Å². The van der Waals surface area contributed by atoms with Crippen molar-refractivity contribution in [2.45, 2.75) is 83.6 Å². The Morgan fingerprint density at radius 1 is 0.957 bits per heavy atom. The van der Waals surface area contributed by atoms with Crippen molar-refractivity contribution >= 4 is 23.7 Å². The third-order valence-electron chi connectivity index (χ3n) is 7.68. The van der Waals surface area contributed by atoms with E-state index in [9.17, 15) is 19.6 Å². The van der Waals surface area contributed by atoms with Crippen LogP contribution in [0.5, 0.6) is 5.75 Å². The molecule has 0 radical (unpaired) electrons. The maximum atomic E-state index is 13.0. The predicted molar refractivity (Wildman–Crippen MR) is 174 cm³/mol. The number of ether oxygens (including phenoxy) is 3. The summed E-state index contributed by atoms with van der Waals surface area (Å²) in [6.45, 7) is 5.60. The predicted octanol–water partition coefficient (Wildman–Crippen LogP) is 6.29. The van der Waals surface area contributed by atoms with E-state index in [0.717, 1.165) is 36.0 Å². The number of esters is 1. The van der Waals surface area contributed by atoms with E-state index in [1.54, 1.807) is 45.0 Å². The summed E-state index contributed by atoms with van der Waals surface area (Å²) >= 11 is 0. The van der Waals surface area contributed by atoms with Crippen LogP contribution in [0.1, 0.15) is 85.1 Å². The fraction of sp³-hybridized carbons (Fsp3) is 0.389. The molecule has 2 atom stereocenters. The Labute approximate surface area is 270 Å². The highest BCUT2D eigenvalue weighted by Crippen LogP contribution is 2.29. The second kappa shape index (κ2) is 15.9. The number of carbonyl (C=O) groups is 3. The van der Waals surface area contributed by atoms with E-state index in [2.05, 4.69) is 27.9 Å². The van der Waals surface area contributed by atoms with Gasteiger partial charge in [-0.1, -0.05) is 53.7 Å². The minimum Gasteiger partial charge on any atom is -0.489 e. The Morgan fingerprint density at radius 3 is 2.33 bits per heavy atom. The van der Waals surface area contributed by atoms with Gasteiger partial charge >= 0.3 is 12.1 Å². The zero-order chi connectivity index (χ0) is 33.1. The summed E-state index contributed by atoms with van der Waals surface area (Å²) in [4.78, 5) is 37.4. The van der Waals surface area contributed by atoms with Crippen LogP contribution in [0.25, 0.3) is 0 Å². The summed E-state index contributed by atoms with van der Waals surface area (Å²) in [6.07, 6.45) is 2.76. The number of hydrogen-bond acceptors (Lipinski definition) is 8. The number of carbonyl (C=O) groups excluding carboxylic acids is 3. The number of aryl methyl sites for hydroxylation is 1. The van der Waals surface area contributed by atoms with Crippen molar-refractivity contribution in [3.05, 3.63) is 101 Å². The lowest BCUT2D eigenvalue weighted by atomic mass is 9.87. The number of amides is 2. The van der Waals surface area contributed by atoms with Crippen molar-refractivity contribution in [1.82, 2.24) is 10.6 Å². The molecule has 2 unspecified atom stereocenters. The average Bonchev–Trinajstić information content (AvgIpc) is 3.04. The third kappa shape index (κ3) is 10.1. The van der Waals surface area contributed by atoms with Gasteiger partial charge in [-0.15, -0.1) is 0 Å². The van der Waals surface area contributed by atoms with Crippen LogP contribution in [0.2, 0.25) is 0 Å². The van der Waals surface area contributed by atoms with Gasteiger partial charge in [-0.3, -0.25) is 4.79 Å². The fourth-order valence-corrected chi connectivity index (χ4v) is 5.39. The maximum absolute atomic E-state index is 13.0. The highest BCUT2D eigenvalue weighted by molar-refractivity contribution is 5.94. The molecule has 4 rings (SSSR count). The van der Waals surface area contributed by atoms with E-state index >= 15 is 0 Å². The molecule has 0 spiro atoms. The monoisotopic (exact) mass is 629 g/mol. The first-order valence-electron chi connectivity index (χ1n) is 15.5. The molecule has 0 aromatic heterocycles. The molecular formula is C36H43N3O7. The molecule has 0 bridgehead atoms. The van der Waals surface area contributed by atoms with Crippen molar-refractivity contribution in [3.63, 3.8) is 0 Å². The van der Waals surface area contributed by atoms with E-state index in [1.807, 2.05) is 36.4 Å². The normalized spacial score (nSPS) is 15.2. The SMILES string of the molecule is COC(=O)c1ccc(COc2ccc(CC(NC(=O)OC(C)(C)C)/C(CCC(=O)NC3CCCc4ccccc43)=N/O)cc2)cc1. The zero-order valence-electron chi connectivity index (χ0n) is 26.9. The van der Waals surface area contributed by atoms with Gasteiger partial charge in [0.05, 0.1) is 30.5 Å². The molecule has 1 aliphatic carbocycles. The lowest BCUT2D eigenvalue weighted by Gasteiger charge is -2.27. The Balaban J connectivity index is 1.38. The number of alkyl carbamates (subject to hydrolysis) is 1. The van der Waals surface area contributed by atoms with Gasteiger partial charge in [0.15, 0.2) is 0 Å². The summed E-state index contributed by atoms with van der Waals surface area (Å²) in [7, 11) is 1.34. The maximum Gasteiger partial charge on any atom is 0.408 e. The highest BCUT2D eigenvalue weighted by atomic mass is 16.6. The molecule has 2 amide bonds. The number of rotatable bonds is 12. The summed E-state index contributed by atoms with van der Waals surface area (Å²) in [6, 6.07) is 21.7. The highest BCUT2D eigenvalue weighted by Gasteiger charge is 2.26. The molecule has 3 aromatic rings. The second-order valence-electron chi connectivity index (χ2n) is 12.3. The second-order valence-corrected chi connectivity index (χ2v) is 12.3. The van der Waals surface area contributed by atoms with Crippen LogP contribution in [0.3, 0.4) is 0 Å². The van der Waals surface area contributed by atoms with Crippen LogP contribution in [-0.2, 0) is 33.7 Å².